The number of aromatic amines is 1. The van der Waals surface area contributed by atoms with E-state index in [9.17, 15) is 13.6 Å². The van der Waals surface area contributed by atoms with Gasteiger partial charge in [0.1, 0.15) is 5.69 Å². The molecule has 2 rings (SSSR count). The molecule has 1 heterocycles. The largest absolute Gasteiger partial charge is 0.391 e. The number of benzene rings is 1. The summed E-state index contributed by atoms with van der Waals surface area (Å²) in [6, 6.07) is 3.52. The molecule has 0 radical (unpaired) electrons. The SMILES string of the molecule is Nc1c(NCc2ccc(F)c(F)c2)nc[nH]c1=O. The Morgan fingerprint density at radius 1 is 1.33 bits per heavy atom. The maximum Gasteiger partial charge on any atom is 0.276 e. The van der Waals surface area contributed by atoms with Gasteiger partial charge in [0.15, 0.2) is 17.5 Å². The van der Waals surface area contributed by atoms with E-state index in [-0.39, 0.29) is 18.1 Å². The topological polar surface area (TPSA) is 83.8 Å². The first-order chi connectivity index (χ1) is 8.58. The summed E-state index contributed by atoms with van der Waals surface area (Å²) in [6.45, 7) is 0.178. The fourth-order valence-corrected chi connectivity index (χ4v) is 1.39. The molecule has 0 aliphatic carbocycles. The summed E-state index contributed by atoms with van der Waals surface area (Å²) >= 11 is 0. The fourth-order valence-electron chi connectivity index (χ4n) is 1.39. The van der Waals surface area contributed by atoms with E-state index in [1.807, 2.05) is 0 Å². The van der Waals surface area contributed by atoms with Crippen molar-refractivity contribution < 1.29 is 8.78 Å². The Morgan fingerprint density at radius 2 is 2.11 bits per heavy atom. The second-order valence-corrected chi connectivity index (χ2v) is 3.60. The first kappa shape index (κ1) is 12.0. The third-order valence-corrected chi connectivity index (χ3v) is 2.33. The van der Waals surface area contributed by atoms with E-state index in [1.54, 1.807) is 0 Å². The number of anilines is 2. The molecule has 4 N–H and O–H groups in total. The highest BCUT2D eigenvalue weighted by molar-refractivity contribution is 5.58. The van der Waals surface area contributed by atoms with Gasteiger partial charge in [0.25, 0.3) is 5.56 Å². The average Bonchev–Trinajstić information content (AvgIpc) is 2.35. The van der Waals surface area contributed by atoms with Gasteiger partial charge in [-0.1, -0.05) is 6.07 Å². The first-order valence-corrected chi connectivity index (χ1v) is 5.09. The number of hydrogen-bond acceptors (Lipinski definition) is 4. The molecule has 94 valence electrons. The molecule has 0 fully saturated rings. The Hall–Kier alpha value is -2.44. The molecule has 7 heteroatoms. The van der Waals surface area contributed by atoms with Crippen molar-refractivity contribution in [3.05, 3.63) is 52.1 Å². The van der Waals surface area contributed by atoms with Crippen molar-refractivity contribution >= 4 is 11.5 Å². The fraction of sp³-hybridized carbons (Fsp3) is 0.0909. The molecule has 0 saturated carbocycles. The monoisotopic (exact) mass is 252 g/mol. The number of H-pyrrole nitrogens is 1. The van der Waals surface area contributed by atoms with Crippen LogP contribution in [0.5, 0.6) is 0 Å². The van der Waals surface area contributed by atoms with E-state index in [4.69, 9.17) is 5.73 Å². The molecule has 0 aliphatic heterocycles. The highest BCUT2D eigenvalue weighted by Crippen LogP contribution is 2.12. The number of nitrogen functional groups attached to an aromatic ring is 1. The molecule has 1 aromatic carbocycles. The lowest BCUT2D eigenvalue weighted by atomic mass is 10.2. The number of nitrogens with two attached hydrogens (primary N) is 1. The van der Waals surface area contributed by atoms with Crippen LogP contribution in [-0.4, -0.2) is 9.97 Å². The second-order valence-electron chi connectivity index (χ2n) is 3.60. The Labute approximate surface area is 101 Å². The van der Waals surface area contributed by atoms with Crippen molar-refractivity contribution in [1.29, 1.82) is 0 Å². The van der Waals surface area contributed by atoms with Crippen LogP contribution in [0.15, 0.2) is 29.3 Å². The molecular weight excluding hydrogens is 242 g/mol. The molecule has 2 aromatic rings. The van der Waals surface area contributed by atoms with Crippen LogP contribution in [0.1, 0.15) is 5.56 Å². The van der Waals surface area contributed by atoms with Crippen LogP contribution in [0.2, 0.25) is 0 Å². The van der Waals surface area contributed by atoms with Crippen LogP contribution in [0.4, 0.5) is 20.3 Å². The van der Waals surface area contributed by atoms with Crippen molar-refractivity contribution in [2.75, 3.05) is 11.1 Å². The highest BCUT2D eigenvalue weighted by atomic mass is 19.2. The molecule has 0 spiro atoms. The zero-order chi connectivity index (χ0) is 13.1. The predicted molar refractivity (Wildman–Crippen MR) is 63.0 cm³/mol. The summed E-state index contributed by atoms with van der Waals surface area (Å²) in [7, 11) is 0. The van der Waals surface area contributed by atoms with E-state index in [0.717, 1.165) is 12.1 Å². The second kappa shape index (κ2) is 4.82. The molecule has 0 unspecified atom stereocenters. The van der Waals surface area contributed by atoms with Crippen LogP contribution in [0.3, 0.4) is 0 Å². The van der Waals surface area contributed by atoms with Crippen LogP contribution >= 0.6 is 0 Å². The quantitative estimate of drug-likeness (QED) is 0.767. The zero-order valence-corrected chi connectivity index (χ0v) is 9.21. The van der Waals surface area contributed by atoms with Gasteiger partial charge in [0.05, 0.1) is 6.33 Å². The van der Waals surface area contributed by atoms with Gasteiger partial charge < -0.3 is 16.0 Å². The summed E-state index contributed by atoms with van der Waals surface area (Å²) in [5.41, 5.74) is 5.49. The Morgan fingerprint density at radius 3 is 2.83 bits per heavy atom. The molecule has 18 heavy (non-hydrogen) atoms. The maximum absolute atomic E-state index is 13.0. The van der Waals surface area contributed by atoms with E-state index in [2.05, 4.69) is 15.3 Å². The molecule has 0 saturated heterocycles. The van der Waals surface area contributed by atoms with Crippen molar-refractivity contribution in [3.8, 4) is 0 Å². The lowest BCUT2D eigenvalue weighted by Crippen LogP contribution is -2.16. The Kier molecular flexibility index (Phi) is 3.22. The maximum atomic E-state index is 13.0. The lowest BCUT2D eigenvalue weighted by Gasteiger charge is -2.07. The zero-order valence-electron chi connectivity index (χ0n) is 9.21. The minimum atomic E-state index is -0.929. The van der Waals surface area contributed by atoms with Gasteiger partial charge in [0.2, 0.25) is 0 Å². The molecule has 0 atom stereocenters. The van der Waals surface area contributed by atoms with Crippen molar-refractivity contribution in [1.82, 2.24) is 9.97 Å². The van der Waals surface area contributed by atoms with Gasteiger partial charge in [-0.3, -0.25) is 4.79 Å². The highest BCUT2D eigenvalue weighted by Gasteiger charge is 2.05. The number of aromatic nitrogens is 2. The first-order valence-electron chi connectivity index (χ1n) is 5.09. The van der Waals surface area contributed by atoms with Crippen LogP contribution < -0.4 is 16.6 Å². The molecule has 1 aromatic heterocycles. The van der Waals surface area contributed by atoms with Crippen LogP contribution in [0.25, 0.3) is 0 Å². The summed E-state index contributed by atoms with van der Waals surface area (Å²) < 4.78 is 25.7. The summed E-state index contributed by atoms with van der Waals surface area (Å²) in [4.78, 5) is 17.3. The molecular formula is C11H10F2N4O. The Bertz CT molecular complexity index is 627. The average molecular weight is 252 g/mol. The van der Waals surface area contributed by atoms with Gasteiger partial charge in [-0.05, 0) is 17.7 Å². The van der Waals surface area contributed by atoms with Crippen LogP contribution in [-0.2, 0) is 6.54 Å². The Balaban J connectivity index is 2.14. The van der Waals surface area contributed by atoms with E-state index in [1.165, 1.54) is 12.4 Å². The van der Waals surface area contributed by atoms with E-state index < -0.39 is 17.2 Å². The minimum absolute atomic E-state index is 0.0555. The summed E-state index contributed by atoms with van der Waals surface area (Å²) in [5.74, 6) is -1.64. The minimum Gasteiger partial charge on any atom is -0.391 e. The van der Waals surface area contributed by atoms with E-state index in [0.29, 0.717) is 5.56 Å². The number of nitrogens with zero attached hydrogens (tertiary/aromatic N) is 1. The van der Waals surface area contributed by atoms with Gasteiger partial charge in [-0.15, -0.1) is 0 Å². The van der Waals surface area contributed by atoms with Gasteiger partial charge in [-0.25, -0.2) is 13.8 Å². The summed E-state index contributed by atoms with van der Waals surface area (Å²) in [5, 5.41) is 2.77. The van der Waals surface area contributed by atoms with Crippen LogP contribution in [0, 0.1) is 11.6 Å². The molecule has 0 amide bonds. The third kappa shape index (κ3) is 2.45. The molecule has 0 bridgehead atoms. The smallest absolute Gasteiger partial charge is 0.276 e. The van der Waals surface area contributed by atoms with Gasteiger partial charge in [0, 0.05) is 6.54 Å². The lowest BCUT2D eigenvalue weighted by molar-refractivity contribution is 0.507. The third-order valence-electron chi connectivity index (χ3n) is 2.33. The number of hydrogen-bond donors (Lipinski definition) is 3. The molecule has 5 nitrogen and oxygen atoms in total. The van der Waals surface area contributed by atoms with E-state index >= 15 is 0 Å². The van der Waals surface area contributed by atoms with Crippen molar-refractivity contribution in [2.45, 2.75) is 6.54 Å². The number of halogens is 2. The van der Waals surface area contributed by atoms with Crippen molar-refractivity contribution in [2.24, 2.45) is 0 Å². The van der Waals surface area contributed by atoms with Crippen molar-refractivity contribution in [3.63, 3.8) is 0 Å². The molecule has 0 aliphatic rings. The standard InChI is InChI=1S/C11H10F2N4O/c12-7-2-1-6(3-8(7)13)4-15-10-9(14)11(18)17-5-16-10/h1-3,5H,4,14H2,(H2,15,16,17,18). The number of rotatable bonds is 3. The predicted octanol–water partition coefficient (Wildman–Crippen LogP) is 1.24. The number of nitrogens with one attached hydrogen (secondary N) is 2. The summed E-state index contributed by atoms with van der Waals surface area (Å²) in [6.07, 6.45) is 1.20. The normalized spacial score (nSPS) is 10.3. The van der Waals surface area contributed by atoms with Gasteiger partial charge in [-0.2, -0.15) is 0 Å². The van der Waals surface area contributed by atoms with Gasteiger partial charge >= 0.3 is 0 Å².